The van der Waals surface area contributed by atoms with Crippen LogP contribution in [0.25, 0.3) is 0 Å². The lowest BCUT2D eigenvalue weighted by molar-refractivity contribution is -0.132. The van der Waals surface area contributed by atoms with Crippen molar-refractivity contribution in [3.8, 4) is 0 Å². The number of sulfone groups is 1. The zero-order valence-corrected chi connectivity index (χ0v) is 13.7. The van der Waals surface area contributed by atoms with Crippen LogP contribution in [0.2, 0.25) is 0 Å². The van der Waals surface area contributed by atoms with Gasteiger partial charge in [0.2, 0.25) is 11.8 Å². The van der Waals surface area contributed by atoms with Crippen molar-refractivity contribution in [3.05, 3.63) is 0 Å². The number of amides is 2. The molecule has 1 N–H and O–H groups in total. The fraction of sp³-hybridized carbons (Fsp3) is 0.857. The summed E-state index contributed by atoms with van der Waals surface area (Å²) in [6, 6.07) is -0.262. The molecular formula is C14H24N2O5S. The molecule has 0 aliphatic carbocycles. The lowest BCUT2D eigenvalue weighted by Gasteiger charge is -2.28. The Labute approximate surface area is 131 Å². The summed E-state index contributed by atoms with van der Waals surface area (Å²) in [5, 5.41) is 2.84. The van der Waals surface area contributed by atoms with Crippen molar-refractivity contribution in [3.63, 3.8) is 0 Å². The van der Waals surface area contributed by atoms with Crippen LogP contribution < -0.4 is 5.32 Å². The second kappa shape index (κ2) is 7.41. The number of ether oxygens (including phenoxy) is 1. The maximum atomic E-state index is 12.0. The molecule has 1 unspecified atom stereocenters. The van der Waals surface area contributed by atoms with E-state index < -0.39 is 9.84 Å². The summed E-state index contributed by atoms with van der Waals surface area (Å²) >= 11 is 0. The molecule has 22 heavy (non-hydrogen) atoms. The third-order valence-electron chi connectivity index (χ3n) is 4.30. The predicted molar refractivity (Wildman–Crippen MR) is 81.0 cm³/mol. The van der Waals surface area contributed by atoms with Crippen LogP contribution in [0.3, 0.4) is 0 Å². The molecule has 0 aromatic carbocycles. The summed E-state index contributed by atoms with van der Waals surface area (Å²) in [6.07, 6.45) is 1.93. The van der Waals surface area contributed by atoms with Gasteiger partial charge in [0, 0.05) is 45.2 Å². The minimum Gasteiger partial charge on any atom is -0.381 e. The van der Waals surface area contributed by atoms with Crippen molar-refractivity contribution in [1.82, 2.24) is 10.2 Å². The maximum absolute atomic E-state index is 12.0. The van der Waals surface area contributed by atoms with Crippen LogP contribution in [0, 0.1) is 5.92 Å². The van der Waals surface area contributed by atoms with Gasteiger partial charge in [-0.05, 0) is 19.3 Å². The van der Waals surface area contributed by atoms with E-state index in [9.17, 15) is 18.0 Å². The number of nitrogens with one attached hydrogen (secondary N) is 1. The monoisotopic (exact) mass is 332 g/mol. The number of hydrogen-bond donors (Lipinski definition) is 1. The highest BCUT2D eigenvalue weighted by Crippen LogP contribution is 2.18. The van der Waals surface area contributed by atoms with Gasteiger partial charge in [0.25, 0.3) is 0 Å². The highest BCUT2D eigenvalue weighted by molar-refractivity contribution is 7.91. The van der Waals surface area contributed by atoms with E-state index in [1.54, 1.807) is 4.90 Å². The van der Waals surface area contributed by atoms with Gasteiger partial charge in [-0.15, -0.1) is 0 Å². The van der Waals surface area contributed by atoms with Gasteiger partial charge in [0.05, 0.1) is 11.5 Å². The van der Waals surface area contributed by atoms with Crippen molar-refractivity contribution in [2.75, 3.05) is 37.8 Å². The molecule has 0 aromatic rings. The zero-order valence-electron chi connectivity index (χ0n) is 12.9. The van der Waals surface area contributed by atoms with Gasteiger partial charge in [0.1, 0.15) is 0 Å². The molecule has 0 spiro atoms. The third kappa shape index (κ3) is 4.67. The molecule has 1 atom stereocenters. The third-order valence-corrected chi connectivity index (χ3v) is 6.05. The Balaban J connectivity index is 1.79. The van der Waals surface area contributed by atoms with E-state index in [2.05, 4.69) is 5.32 Å². The van der Waals surface area contributed by atoms with E-state index in [4.69, 9.17) is 4.74 Å². The van der Waals surface area contributed by atoms with E-state index >= 15 is 0 Å². The number of hydrogen-bond acceptors (Lipinski definition) is 5. The van der Waals surface area contributed by atoms with Gasteiger partial charge in [-0.1, -0.05) is 0 Å². The molecule has 7 nitrogen and oxygen atoms in total. The summed E-state index contributed by atoms with van der Waals surface area (Å²) in [5.41, 5.74) is 0. The molecule has 2 heterocycles. The lowest BCUT2D eigenvalue weighted by atomic mass is 9.99. The van der Waals surface area contributed by atoms with E-state index in [1.165, 1.54) is 6.92 Å². The molecule has 2 fully saturated rings. The Morgan fingerprint density at radius 2 is 1.91 bits per heavy atom. The molecule has 126 valence electrons. The van der Waals surface area contributed by atoms with Gasteiger partial charge in [-0.25, -0.2) is 8.42 Å². The van der Waals surface area contributed by atoms with Gasteiger partial charge >= 0.3 is 0 Å². The highest BCUT2D eigenvalue weighted by Gasteiger charge is 2.33. The molecule has 2 rings (SSSR count). The molecule has 2 saturated heterocycles. The Bertz CT molecular complexity index is 513. The van der Waals surface area contributed by atoms with E-state index in [1.807, 2.05) is 0 Å². The van der Waals surface area contributed by atoms with E-state index in [0.717, 1.165) is 12.8 Å². The standard InChI is InChI=1S/C14H24N2O5S/c1-11(17)16(13-4-9-22(19,20)10-13)6-5-15-14(18)12-2-7-21-8-3-12/h12-13H,2-10H2,1H3,(H,15,18). The van der Waals surface area contributed by atoms with Gasteiger partial charge in [0.15, 0.2) is 9.84 Å². The largest absolute Gasteiger partial charge is 0.381 e. The minimum absolute atomic E-state index is 0.00848. The molecule has 2 amide bonds. The smallest absolute Gasteiger partial charge is 0.223 e. The first-order chi connectivity index (χ1) is 10.4. The fourth-order valence-electron chi connectivity index (χ4n) is 3.02. The zero-order chi connectivity index (χ0) is 16.2. The van der Waals surface area contributed by atoms with Crippen molar-refractivity contribution >= 4 is 21.7 Å². The molecule has 0 radical (unpaired) electrons. The number of rotatable bonds is 5. The molecular weight excluding hydrogens is 308 g/mol. The average Bonchev–Trinajstić information content (AvgIpc) is 2.83. The maximum Gasteiger partial charge on any atom is 0.223 e. The predicted octanol–water partition coefficient (Wildman–Crippen LogP) is -0.435. The van der Waals surface area contributed by atoms with Crippen molar-refractivity contribution in [2.24, 2.45) is 5.92 Å². The van der Waals surface area contributed by atoms with Crippen LogP contribution in [0.5, 0.6) is 0 Å². The topological polar surface area (TPSA) is 92.8 Å². The van der Waals surface area contributed by atoms with Crippen LogP contribution in [0.1, 0.15) is 26.2 Å². The first kappa shape index (κ1) is 17.2. The number of carbonyl (C=O) groups is 2. The number of carbonyl (C=O) groups excluding carboxylic acids is 2. The lowest BCUT2D eigenvalue weighted by Crippen LogP contribution is -2.45. The van der Waals surface area contributed by atoms with Crippen LogP contribution in [-0.4, -0.2) is 69.0 Å². The average molecular weight is 332 g/mol. The van der Waals surface area contributed by atoms with Crippen LogP contribution in [0.15, 0.2) is 0 Å². The summed E-state index contributed by atoms with van der Waals surface area (Å²) in [4.78, 5) is 25.3. The Morgan fingerprint density at radius 3 is 2.45 bits per heavy atom. The Hall–Kier alpha value is -1.15. The van der Waals surface area contributed by atoms with Gasteiger partial charge in [-0.2, -0.15) is 0 Å². The Kier molecular flexibility index (Phi) is 5.80. The van der Waals surface area contributed by atoms with Crippen LogP contribution in [0.4, 0.5) is 0 Å². The quantitative estimate of drug-likeness (QED) is 0.737. The summed E-state index contributed by atoms with van der Waals surface area (Å²) in [7, 11) is -3.03. The summed E-state index contributed by atoms with van der Waals surface area (Å²) in [5.74, 6) is -0.0178. The molecule has 2 aliphatic rings. The molecule has 8 heteroatoms. The van der Waals surface area contributed by atoms with Gasteiger partial charge in [-0.3, -0.25) is 9.59 Å². The van der Waals surface area contributed by atoms with E-state index in [-0.39, 0.29) is 35.3 Å². The first-order valence-electron chi connectivity index (χ1n) is 7.72. The molecule has 0 saturated carbocycles. The van der Waals surface area contributed by atoms with Crippen molar-refractivity contribution in [1.29, 1.82) is 0 Å². The first-order valence-corrected chi connectivity index (χ1v) is 9.54. The second-order valence-corrected chi connectivity index (χ2v) is 8.18. The normalized spacial score (nSPS) is 24.9. The van der Waals surface area contributed by atoms with Crippen LogP contribution in [-0.2, 0) is 24.2 Å². The van der Waals surface area contributed by atoms with Crippen LogP contribution >= 0.6 is 0 Å². The van der Waals surface area contributed by atoms with E-state index in [0.29, 0.717) is 32.7 Å². The SMILES string of the molecule is CC(=O)N(CCNC(=O)C1CCOCC1)C1CCS(=O)(=O)C1. The second-order valence-electron chi connectivity index (χ2n) is 5.95. The summed E-state index contributed by atoms with van der Waals surface area (Å²) in [6.45, 7) is 3.36. The Morgan fingerprint density at radius 1 is 1.23 bits per heavy atom. The fourth-order valence-corrected chi connectivity index (χ4v) is 4.75. The minimum atomic E-state index is -3.03. The highest BCUT2D eigenvalue weighted by atomic mass is 32.2. The summed E-state index contributed by atoms with van der Waals surface area (Å²) < 4.78 is 28.3. The van der Waals surface area contributed by atoms with Gasteiger partial charge < -0.3 is 15.0 Å². The molecule has 0 bridgehead atoms. The molecule has 2 aliphatic heterocycles. The van der Waals surface area contributed by atoms with Crippen molar-refractivity contribution < 1.29 is 22.7 Å². The van der Waals surface area contributed by atoms with Crippen molar-refractivity contribution in [2.45, 2.75) is 32.2 Å². The number of nitrogens with zero attached hydrogens (tertiary/aromatic N) is 1. The molecule has 0 aromatic heterocycles.